The van der Waals surface area contributed by atoms with Crippen LogP contribution in [0.2, 0.25) is 0 Å². The van der Waals surface area contributed by atoms with Crippen LogP contribution in [0.4, 0.5) is 0 Å². The lowest BCUT2D eigenvalue weighted by Gasteiger charge is -2.22. The smallest absolute Gasteiger partial charge is 0.0327 e. The summed E-state index contributed by atoms with van der Waals surface area (Å²) >= 11 is 5.37. The van der Waals surface area contributed by atoms with E-state index in [0.29, 0.717) is 0 Å². The lowest BCUT2D eigenvalue weighted by atomic mass is 10.2. The van der Waals surface area contributed by atoms with Gasteiger partial charge >= 0.3 is 0 Å². The van der Waals surface area contributed by atoms with E-state index in [1.807, 2.05) is 11.3 Å². The predicted octanol–water partition coefficient (Wildman–Crippen LogP) is 3.60. The van der Waals surface area contributed by atoms with Crippen LogP contribution in [-0.2, 0) is 6.54 Å². The molecule has 1 rings (SSSR count). The number of thiophene rings is 1. The molecule has 0 saturated carbocycles. The third-order valence-electron chi connectivity index (χ3n) is 2.24. The zero-order valence-corrected chi connectivity index (χ0v) is 11.3. The first-order chi connectivity index (χ1) is 6.76. The quantitative estimate of drug-likeness (QED) is 0.718. The van der Waals surface area contributed by atoms with Crippen LogP contribution in [-0.4, -0.2) is 23.3 Å². The number of alkyl halides is 1. The fourth-order valence-electron chi connectivity index (χ4n) is 1.42. The molecule has 0 aliphatic rings. The average Bonchev–Trinajstić information content (AvgIpc) is 2.69. The van der Waals surface area contributed by atoms with Gasteiger partial charge in [0.25, 0.3) is 0 Å². The SMILES string of the molecule is CCN(Cc1cccs1)CC(C)CBr. The topological polar surface area (TPSA) is 3.24 Å². The predicted molar refractivity (Wildman–Crippen MR) is 68.2 cm³/mol. The standard InChI is InChI=1S/C11H18BrNS/c1-3-13(8-10(2)7-12)9-11-5-4-6-14-11/h4-6,10H,3,7-9H2,1-2H3. The first kappa shape index (κ1) is 12.2. The molecule has 0 N–H and O–H groups in total. The Morgan fingerprint density at radius 3 is 2.86 bits per heavy atom. The van der Waals surface area contributed by atoms with Gasteiger partial charge in [-0.05, 0) is 23.9 Å². The number of hydrogen-bond acceptors (Lipinski definition) is 2. The van der Waals surface area contributed by atoms with Crippen LogP contribution >= 0.6 is 27.3 Å². The zero-order chi connectivity index (χ0) is 10.4. The molecule has 0 bridgehead atoms. The van der Waals surface area contributed by atoms with E-state index in [1.165, 1.54) is 11.4 Å². The zero-order valence-electron chi connectivity index (χ0n) is 8.87. The van der Waals surface area contributed by atoms with Crippen LogP contribution in [0.1, 0.15) is 18.7 Å². The third-order valence-corrected chi connectivity index (χ3v) is 4.21. The Bertz CT molecular complexity index is 235. The first-order valence-electron chi connectivity index (χ1n) is 5.07. The van der Waals surface area contributed by atoms with E-state index in [9.17, 15) is 0 Å². The van der Waals surface area contributed by atoms with E-state index >= 15 is 0 Å². The number of rotatable bonds is 6. The van der Waals surface area contributed by atoms with Gasteiger partial charge in [0, 0.05) is 23.3 Å². The lowest BCUT2D eigenvalue weighted by molar-refractivity contribution is 0.252. The Morgan fingerprint density at radius 1 is 1.57 bits per heavy atom. The van der Waals surface area contributed by atoms with Gasteiger partial charge in [-0.1, -0.05) is 35.8 Å². The summed E-state index contributed by atoms with van der Waals surface area (Å²) in [5, 5.41) is 3.24. The summed E-state index contributed by atoms with van der Waals surface area (Å²) in [5.41, 5.74) is 0. The van der Waals surface area contributed by atoms with Crippen molar-refractivity contribution in [1.82, 2.24) is 4.90 Å². The fourth-order valence-corrected chi connectivity index (χ4v) is 2.37. The molecule has 14 heavy (non-hydrogen) atoms. The molecular weight excluding hydrogens is 258 g/mol. The molecule has 0 saturated heterocycles. The maximum atomic E-state index is 3.53. The molecule has 1 unspecified atom stereocenters. The monoisotopic (exact) mass is 275 g/mol. The second kappa shape index (κ2) is 6.59. The molecule has 1 atom stereocenters. The van der Waals surface area contributed by atoms with Crippen LogP contribution in [0, 0.1) is 5.92 Å². The Kier molecular flexibility index (Phi) is 5.75. The normalized spacial score (nSPS) is 13.4. The highest BCUT2D eigenvalue weighted by molar-refractivity contribution is 9.09. The maximum Gasteiger partial charge on any atom is 0.0327 e. The van der Waals surface area contributed by atoms with Crippen LogP contribution in [0.25, 0.3) is 0 Å². The van der Waals surface area contributed by atoms with Gasteiger partial charge in [0.2, 0.25) is 0 Å². The molecule has 1 heterocycles. The summed E-state index contributed by atoms with van der Waals surface area (Å²) in [4.78, 5) is 3.96. The Morgan fingerprint density at radius 2 is 2.36 bits per heavy atom. The van der Waals surface area contributed by atoms with Gasteiger partial charge < -0.3 is 0 Å². The van der Waals surface area contributed by atoms with Gasteiger partial charge in [-0.3, -0.25) is 4.90 Å². The molecule has 1 nitrogen and oxygen atoms in total. The molecule has 0 aliphatic heterocycles. The highest BCUT2D eigenvalue weighted by Crippen LogP contribution is 2.13. The van der Waals surface area contributed by atoms with Crippen LogP contribution in [0.3, 0.4) is 0 Å². The van der Waals surface area contributed by atoms with Crippen molar-refractivity contribution < 1.29 is 0 Å². The summed E-state index contributed by atoms with van der Waals surface area (Å²) in [5.74, 6) is 0.731. The van der Waals surface area contributed by atoms with Gasteiger partial charge in [-0.2, -0.15) is 0 Å². The lowest BCUT2D eigenvalue weighted by Crippen LogP contribution is -2.28. The highest BCUT2D eigenvalue weighted by atomic mass is 79.9. The summed E-state index contributed by atoms with van der Waals surface area (Å²) in [6.45, 7) is 7.93. The van der Waals surface area contributed by atoms with Crippen molar-refractivity contribution in [3.8, 4) is 0 Å². The molecule has 0 aromatic carbocycles. The number of nitrogens with zero attached hydrogens (tertiary/aromatic N) is 1. The molecule has 0 radical (unpaired) electrons. The maximum absolute atomic E-state index is 3.53. The minimum atomic E-state index is 0.731. The van der Waals surface area contributed by atoms with E-state index in [4.69, 9.17) is 0 Å². The summed E-state index contributed by atoms with van der Waals surface area (Å²) in [6, 6.07) is 4.34. The molecule has 80 valence electrons. The molecule has 1 aromatic rings. The van der Waals surface area contributed by atoms with Crippen molar-refractivity contribution in [1.29, 1.82) is 0 Å². The van der Waals surface area contributed by atoms with E-state index in [2.05, 4.69) is 52.2 Å². The molecule has 0 aliphatic carbocycles. The van der Waals surface area contributed by atoms with Crippen LogP contribution in [0.15, 0.2) is 17.5 Å². The van der Waals surface area contributed by atoms with Crippen LogP contribution in [0.5, 0.6) is 0 Å². The summed E-state index contributed by atoms with van der Waals surface area (Å²) in [6.07, 6.45) is 0. The van der Waals surface area contributed by atoms with Crippen LogP contribution < -0.4 is 0 Å². The molecule has 1 aromatic heterocycles. The third kappa shape index (κ3) is 4.11. The van der Waals surface area contributed by atoms with E-state index < -0.39 is 0 Å². The largest absolute Gasteiger partial charge is 0.298 e. The molecule has 0 spiro atoms. The van der Waals surface area contributed by atoms with Gasteiger partial charge in [0.1, 0.15) is 0 Å². The summed E-state index contributed by atoms with van der Waals surface area (Å²) in [7, 11) is 0. The van der Waals surface area contributed by atoms with Crippen molar-refractivity contribution >= 4 is 27.3 Å². The Balaban J connectivity index is 2.39. The highest BCUT2D eigenvalue weighted by Gasteiger charge is 2.08. The second-order valence-corrected chi connectivity index (χ2v) is 5.35. The minimum absolute atomic E-state index is 0.731. The molecule has 3 heteroatoms. The van der Waals surface area contributed by atoms with E-state index in [0.717, 1.165) is 24.3 Å². The second-order valence-electron chi connectivity index (χ2n) is 3.67. The number of hydrogen-bond donors (Lipinski definition) is 0. The van der Waals surface area contributed by atoms with Gasteiger partial charge in [-0.25, -0.2) is 0 Å². The van der Waals surface area contributed by atoms with Crippen molar-refractivity contribution in [2.45, 2.75) is 20.4 Å². The van der Waals surface area contributed by atoms with Gasteiger partial charge in [0.05, 0.1) is 0 Å². The fraction of sp³-hybridized carbons (Fsp3) is 0.636. The van der Waals surface area contributed by atoms with Crippen molar-refractivity contribution in [3.63, 3.8) is 0 Å². The molecular formula is C11H18BrNS. The first-order valence-corrected chi connectivity index (χ1v) is 7.07. The molecule has 0 fully saturated rings. The number of halogens is 1. The Labute approximate surface area is 99.3 Å². The van der Waals surface area contributed by atoms with Crippen molar-refractivity contribution in [2.75, 3.05) is 18.4 Å². The van der Waals surface area contributed by atoms with Gasteiger partial charge in [-0.15, -0.1) is 11.3 Å². The molecule has 0 amide bonds. The average molecular weight is 276 g/mol. The van der Waals surface area contributed by atoms with E-state index in [1.54, 1.807) is 0 Å². The van der Waals surface area contributed by atoms with Crippen molar-refractivity contribution in [2.24, 2.45) is 5.92 Å². The summed E-state index contributed by atoms with van der Waals surface area (Å²) < 4.78 is 0. The van der Waals surface area contributed by atoms with Gasteiger partial charge in [0.15, 0.2) is 0 Å². The minimum Gasteiger partial charge on any atom is -0.298 e. The van der Waals surface area contributed by atoms with Crippen molar-refractivity contribution in [3.05, 3.63) is 22.4 Å². The Hall–Kier alpha value is 0.140. The van der Waals surface area contributed by atoms with E-state index in [-0.39, 0.29) is 0 Å².